The molecule has 1 aliphatic carbocycles. The molecule has 2 aliphatic rings. The Labute approximate surface area is 132 Å². The van der Waals surface area contributed by atoms with Gasteiger partial charge in [0, 0.05) is 22.6 Å². The van der Waals surface area contributed by atoms with E-state index in [1.54, 1.807) is 13.7 Å². The van der Waals surface area contributed by atoms with E-state index < -0.39 is 7.81 Å². The fraction of sp³-hybridized carbons (Fsp3) is 0.750. The third-order valence-electron chi connectivity index (χ3n) is 3.40. The van der Waals surface area contributed by atoms with Gasteiger partial charge in [0.2, 0.25) is 0 Å². The molecule has 22 heavy (non-hydrogen) atoms. The van der Waals surface area contributed by atoms with Gasteiger partial charge < -0.3 is 0 Å². The van der Waals surface area contributed by atoms with Crippen LogP contribution in [0.3, 0.4) is 0 Å². The molecule has 10 heteroatoms. The van der Waals surface area contributed by atoms with Crippen LogP contribution >= 0.6 is 30.5 Å². The quantitative estimate of drug-likeness (QED) is 0.292. The Balaban J connectivity index is 0.000000217. The summed E-state index contributed by atoms with van der Waals surface area (Å²) in [5.41, 5.74) is 0. The summed E-state index contributed by atoms with van der Waals surface area (Å²) in [5.74, 6) is 0. The van der Waals surface area contributed by atoms with Crippen molar-refractivity contribution in [3.8, 4) is 0 Å². The zero-order valence-electron chi connectivity index (χ0n) is 11.8. The molecule has 0 bridgehead atoms. The van der Waals surface area contributed by atoms with Gasteiger partial charge in [0.25, 0.3) is 0 Å². The van der Waals surface area contributed by atoms with Crippen molar-refractivity contribution >= 4 is 30.5 Å². The second-order valence-electron chi connectivity index (χ2n) is 5.53. The Morgan fingerprint density at radius 2 is 1.09 bits per heavy atom. The molecule has 0 unspecified atom stereocenters. The number of hydrogen-bond donors (Lipinski definition) is 0. The first kappa shape index (κ1) is 18.2. The van der Waals surface area contributed by atoms with Gasteiger partial charge in [-0.15, -0.1) is 0 Å². The second kappa shape index (κ2) is 5.74. The number of aryl methyl sites for hydroxylation is 2. The Hall–Kier alpha value is -0.140. The molecule has 130 valence electrons. The van der Waals surface area contributed by atoms with Crippen LogP contribution in [0.5, 0.6) is 0 Å². The number of fused-ring (bicyclic) bond motifs is 1. The molecule has 1 aliphatic heterocycles. The number of piperidine rings is 1. The van der Waals surface area contributed by atoms with E-state index in [9.17, 15) is 25.2 Å². The molecule has 3 rings (SSSR count). The third-order valence-corrected chi connectivity index (χ3v) is 6.29. The van der Waals surface area contributed by atoms with Crippen LogP contribution in [0.15, 0.2) is 0 Å². The maximum atomic E-state index is 9.87. The summed E-state index contributed by atoms with van der Waals surface area (Å²) in [6.45, 7) is 2.60. The number of nitrogens with zero attached hydrogens (tertiary/aromatic N) is 1. The first-order valence-corrected chi connectivity index (χ1v) is 10.8. The molecule has 0 spiro atoms. The molecule has 1 aromatic rings. The molecular formula is C12H18F6NPS2. The second-order valence-corrected chi connectivity index (χ2v) is 9.87. The molecule has 0 aromatic carbocycles. The van der Waals surface area contributed by atoms with Gasteiger partial charge in [-0.05, 0) is 32.1 Å². The van der Waals surface area contributed by atoms with Crippen molar-refractivity contribution < 1.29 is 25.2 Å². The minimum atomic E-state index is -10.7. The molecule has 2 heterocycles. The van der Waals surface area contributed by atoms with Gasteiger partial charge in [-0.1, -0.05) is 22.7 Å². The minimum absolute atomic E-state index is 1.30. The number of rotatable bonds is 0. The van der Waals surface area contributed by atoms with Crippen LogP contribution in [0, 0.1) is 0 Å². The van der Waals surface area contributed by atoms with E-state index in [1.807, 2.05) is 0 Å². The normalized spacial score (nSPS) is 22.0. The van der Waals surface area contributed by atoms with Crippen LogP contribution in [0.25, 0.3) is 0 Å². The molecule has 0 N–H and O–H groups in total. The molecule has 1 aromatic heterocycles. The van der Waals surface area contributed by atoms with Gasteiger partial charge in [-0.3, -0.25) is 0 Å². The van der Waals surface area contributed by atoms with E-state index in [2.05, 4.69) is 27.2 Å². The van der Waals surface area contributed by atoms with Gasteiger partial charge >= 0.3 is 37.0 Å². The molecule has 1 nitrogen and oxygen atoms in total. The summed E-state index contributed by atoms with van der Waals surface area (Å²) in [6.07, 6.45) is 9.77. The summed E-state index contributed by atoms with van der Waals surface area (Å²) >= 11 is 4.17. The van der Waals surface area contributed by atoms with Crippen molar-refractivity contribution in [2.75, 3.05) is 13.1 Å². The average molecular weight is 385 g/mol. The Kier molecular flexibility index (Phi) is 4.75. The molecular weight excluding hydrogens is 367 g/mol. The van der Waals surface area contributed by atoms with Crippen molar-refractivity contribution in [1.82, 2.24) is 4.58 Å². The van der Waals surface area contributed by atoms with E-state index in [4.69, 9.17) is 0 Å². The molecule has 0 atom stereocenters. The summed E-state index contributed by atoms with van der Waals surface area (Å²) in [6, 6.07) is 0. The van der Waals surface area contributed by atoms with E-state index in [1.165, 1.54) is 58.0 Å². The fourth-order valence-corrected chi connectivity index (χ4v) is 5.49. The Bertz CT molecular complexity index is 555. The maximum absolute atomic E-state index is 10.7. The summed E-state index contributed by atoms with van der Waals surface area (Å²) in [4.78, 5) is 3.40. The van der Waals surface area contributed by atoms with Crippen molar-refractivity contribution in [3.05, 3.63) is 13.7 Å². The summed E-state index contributed by atoms with van der Waals surface area (Å²) < 4.78 is 63.4. The first-order valence-electron chi connectivity index (χ1n) is 7.14. The molecule has 1 saturated heterocycles. The molecule has 0 saturated carbocycles. The number of hydrogen-bond acceptors (Lipinski definition) is 2. The van der Waals surface area contributed by atoms with E-state index in [-0.39, 0.29) is 0 Å². The van der Waals surface area contributed by atoms with Crippen molar-refractivity contribution in [1.29, 1.82) is 0 Å². The Morgan fingerprint density at radius 1 is 0.682 bits per heavy atom. The van der Waals surface area contributed by atoms with Crippen molar-refractivity contribution in [2.24, 2.45) is 0 Å². The Morgan fingerprint density at radius 3 is 1.50 bits per heavy atom. The van der Waals surface area contributed by atoms with Crippen molar-refractivity contribution in [2.45, 2.75) is 44.9 Å². The zero-order chi connectivity index (χ0) is 16.5. The predicted molar refractivity (Wildman–Crippen MR) is 81.3 cm³/mol. The van der Waals surface area contributed by atoms with Crippen LogP contribution < -0.4 is 8.56 Å². The van der Waals surface area contributed by atoms with E-state index in [0.29, 0.717) is 0 Å². The van der Waals surface area contributed by atoms with Crippen molar-refractivity contribution in [3.63, 3.8) is 0 Å². The summed E-state index contributed by atoms with van der Waals surface area (Å²) in [5, 5.41) is 0. The summed E-state index contributed by atoms with van der Waals surface area (Å²) in [7, 11) is -10.7. The van der Waals surface area contributed by atoms with Gasteiger partial charge in [0.1, 0.15) is 13.1 Å². The topological polar surface area (TPSA) is 3.01 Å². The molecule has 0 radical (unpaired) electrons. The standard InChI is InChI=1S/C12H18NS2.F6P/c1-4-8-13(9-5-1)12-14-10-6-2-3-7-11(10)15-12;1-7(2,3,4,5)6/h1-9H2;/q+1;-1. The van der Waals surface area contributed by atoms with Crippen LogP contribution in [0.4, 0.5) is 25.2 Å². The SMILES string of the molecule is C1CC[N+](=c2sc3c(s2)CCCC3)CC1.F[P-](F)(F)(F)(F)F. The average Bonchev–Trinajstić information content (AvgIpc) is 2.80. The van der Waals surface area contributed by atoms with Crippen LogP contribution in [-0.4, -0.2) is 13.1 Å². The monoisotopic (exact) mass is 385 g/mol. The molecule has 0 amide bonds. The van der Waals surface area contributed by atoms with Gasteiger partial charge in [-0.25, -0.2) is 4.58 Å². The van der Waals surface area contributed by atoms with Crippen LogP contribution in [0.2, 0.25) is 0 Å². The van der Waals surface area contributed by atoms with Gasteiger partial charge in [0.15, 0.2) is 0 Å². The van der Waals surface area contributed by atoms with Gasteiger partial charge in [-0.2, -0.15) is 0 Å². The first-order chi connectivity index (χ1) is 9.88. The van der Waals surface area contributed by atoms with E-state index >= 15 is 0 Å². The number of halogens is 6. The van der Waals surface area contributed by atoms with Crippen LogP contribution in [-0.2, 0) is 12.8 Å². The third kappa shape index (κ3) is 7.42. The zero-order valence-corrected chi connectivity index (χ0v) is 14.4. The fourth-order valence-electron chi connectivity index (χ4n) is 2.50. The predicted octanol–water partition coefficient (Wildman–Crippen LogP) is 6.03. The van der Waals surface area contributed by atoms with Gasteiger partial charge in [0.05, 0.1) is 0 Å². The van der Waals surface area contributed by atoms with Crippen LogP contribution in [0.1, 0.15) is 41.9 Å². The van der Waals surface area contributed by atoms with E-state index in [0.717, 1.165) is 0 Å². The molecule has 1 fully saturated rings.